The number of hydrogen-bond acceptors (Lipinski definition) is 3. The molecule has 88 valence electrons. The second kappa shape index (κ2) is 5.68. The predicted molar refractivity (Wildman–Crippen MR) is 78.3 cm³/mol. The van der Waals surface area contributed by atoms with Gasteiger partial charge in [0.25, 0.3) is 5.56 Å². The van der Waals surface area contributed by atoms with Crippen molar-refractivity contribution >= 4 is 34.4 Å². The number of benzene rings is 1. The number of rotatable bonds is 3. The first-order valence-corrected chi connectivity index (χ1v) is 7.15. The molecule has 3 nitrogen and oxygen atoms in total. The van der Waals surface area contributed by atoms with E-state index in [-0.39, 0.29) is 5.56 Å². The number of thioether (sulfide) groups is 1. The second-order valence-corrected chi connectivity index (χ2v) is 5.82. The highest BCUT2D eigenvalue weighted by Crippen LogP contribution is 2.18. The molecular formula is C12H11IN2OS. The maximum absolute atomic E-state index is 11.3. The van der Waals surface area contributed by atoms with Gasteiger partial charge in [-0.1, -0.05) is 23.9 Å². The monoisotopic (exact) mass is 358 g/mol. The van der Waals surface area contributed by atoms with Crippen LogP contribution in [-0.2, 0) is 5.75 Å². The Morgan fingerprint density at radius 1 is 1.35 bits per heavy atom. The molecule has 0 atom stereocenters. The van der Waals surface area contributed by atoms with Crippen LogP contribution in [-0.4, -0.2) is 9.97 Å². The average Bonchev–Trinajstić information content (AvgIpc) is 2.27. The fraction of sp³-hybridized carbons (Fsp3) is 0.167. The van der Waals surface area contributed by atoms with Crippen molar-refractivity contribution in [3.05, 3.63) is 55.5 Å². The fourth-order valence-corrected chi connectivity index (χ4v) is 2.59. The molecule has 0 fully saturated rings. The Morgan fingerprint density at radius 2 is 2.06 bits per heavy atom. The lowest BCUT2D eigenvalue weighted by atomic mass is 10.2. The molecule has 2 rings (SSSR count). The summed E-state index contributed by atoms with van der Waals surface area (Å²) >= 11 is 3.82. The van der Waals surface area contributed by atoms with Gasteiger partial charge in [-0.15, -0.1) is 0 Å². The van der Waals surface area contributed by atoms with Crippen LogP contribution >= 0.6 is 34.4 Å². The van der Waals surface area contributed by atoms with E-state index in [4.69, 9.17) is 0 Å². The van der Waals surface area contributed by atoms with Crippen LogP contribution in [0.25, 0.3) is 0 Å². The van der Waals surface area contributed by atoms with E-state index in [0.29, 0.717) is 5.16 Å². The van der Waals surface area contributed by atoms with Crippen molar-refractivity contribution in [1.29, 1.82) is 0 Å². The van der Waals surface area contributed by atoms with Crippen LogP contribution in [0.2, 0.25) is 0 Å². The minimum atomic E-state index is -0.0948. The number of nitrogens with one attached hydrogen (secondary N) is 1. The van der Waals surface area contributed by atoms with Gasteiger partial charge in [-0.25, -0.2) is 4.98 Å². The Kier molecular flexibility index (Phi) is 4.22. The summed E-state index contributed by atoms with van der Waals surface area (Å²) in [5.41, 5.74) is 1.88. The van der Waals surface area contributed by atoms with Crippen molar-refractivity contribution in [3.8, 4) is 0 Å². The van der Waals surface area contributed by atoms with Gasteiger partial charge in [0.2, 0.25) is 0 Å². The van der Waals surface area contributed by atoms with Crippen molar-refractivity contribution < 1.29 is 0 Å². The van der Waals surface area contributed by atoms with Crippen LogP contribution in [0.15, 0.2) is 40.3 Å². The number of halogens is 1. The lowest BCUT2D eigenvalue weighted by molar-refractivity contribution is 0.905. The van der Waals surface area contributed by atoms with Gasteiger partial charge in [0.15, 0.2) is 5.16 Å². The first kappa shape index (κ1) is 12.6. The molecule has 0 amide bonds. The standard InChI is InChI=1S/C12H11IN2OS/c1-8-6-11(16)15-12(14-8)17-7-9-2-4-10(13)5-3-9/h2-6H,7H2,1H3,(H,14,15,16). The highest BCUT2D eigenvalue weighted by molar-refractivity contribution is 14.1. The van der Waals surface area contributed by atoms with Crippen LogP contribution < -0.4 is 5.56 Å². The van der Waals surface area contributed by atoms with Gasteiger partial charge in [-0.2, -0.15) is 0 Å². The zero-order valence-electron chi connectivity index (χ0n) is 9.24. The quantitative estimate of drug-likeness (QED) is 0.521. The molecule has 0 aliphatic heterocycles. The van der Waals surface area contributed by atoms with E-state index in [1.54, 1.807) is 0 Å². The van der Waals surface area contributed by atoms with Gasteiger partial charge >= 0.3 is 0 Å². The molecule has 1 aromatic heterocycles. The lowest BCUT2D eigenvalue weighted by Crippen LogP contribution is -2.08. The van der Waals surface area contributed by atoms with Crippen LogP contribution in [0.4, 0.5) is 0 Å². The molecule has 2 aromatic rings. The summed E-state index contributed by atoms with van der Waals surface area (Å²) in [5.74, 6) is 0.809. The Bertz CT molecular complexity index is 565. The molecule has 0 unspecified atom stereocenters. The van der Waals surface area contributed by atoms with E-state index < -0.39 is 0 Å². The Balaban J connectivity index is 2.07. The first-order valence-electron chi connectivity index (χ1n) is 5.09. The summed E-state index contributed by atoms with van der Waals surface area (Å²) in [4.78, 5) is 18.3. The molecule has 0 radical (unpaired) electrons. The molecule has 0 bridgehead atoms. The van der Waals surface area contributed by atoms with Crippen LogP contribution in [0.3, 0.4) is 0 Å². The van der Waals surface area contributed by atoms with Gasteiger partial charge in [0, 0.05) is 21.1 Å². The normalized spacial score (nSPS) is 10.5. The molecular weight excluding hydrogens is 347 g/mol. The SMILES string of the molecule is Cc1cc(=O)[nH]c(SCc2ccc(I)cc2)n1. The van der Waals surface area contributed by atoms with Gasteiger partial charge in [0.1, 0.15) is 0 Å². The Hall–Kier alpha value is -0.820. The van der Waals surface area contributed by atoms with Crippen molar-refractivity contribution in [2.24, 2.45) is 0 Å². The number of nitrogens with zero attached hydrogens (tertiary/aromatic N) is 1. The van der Waals surface area contributed by atoms with Crippen LogP contribution in [0, 0.1) is 10.5 Å². The average molecular weight is 358 g/mol. The zero-order chi connectivity index (χ0) is 12.3. The molecule has 0 spiro atoms. The third-order valence-electron chi connectivity index (χ3n) is 2.14. The van der Waals surface area contributed by atoms with Crippen molar-refractivity contribution in [1.82, 2.24) is 9.97 Å². The summed E-state index contributed by atoms with van der Waals surface area (Å²) in [5, 5.41) is 0.675. The molecule has 0 saturated carbocycles. The largest absolute Gasteiger partial charge is 0.301 e. The summed E-state index contributed by atoms with van der Waals surface area (Å²) < 4.78 is 1.22. The van der Waals surface area contributed by atoms with Crippen LogP contribution in [0.1, 0.15) is 11.3 Å². The minimum absolute atomic E-state index is 0.0948. The van der Waals surface area contributed by atoms with E-state index in [1.165, 1.54) is 27.0 Å². The van der Waals surface area contributed by atoms with E-state index in [9.17, 15) is 4.79 Å². The van der Waals surface area contributed by atoms with Gasteiger partial charge < -0.3 is 4.98 Å². The van der Waals surface area contributed by atoms with Crippen molar-refractivity contribution in [2.45, 2.75) is 17.8 Å². The molecule has 17 heavy (non-hydrogen) atoms. The number of aromatic amines is 1. The van der Waals surface area contributed by atoms with Gasteiger partial charge in [-0.3, -0.25) is 4.79 Å². The smallest absolute Gasteiger partial charge is 0.251 e. The maximum Gasteiger partial charge on any atom is 0.251 e. The van der Waals surface area contributed by atoms with E-state index in [0.717, 1.165) is 11.4 Å². The van der Waals surface area contributed by atoms with E-state index in [1.807, 2.05) is 6.92 Å². The summed E-state index contributed by atoms with van der Waals surface area (Å²) in [7, 11) is 0. The van der Waals surface area contributed by atoms with Gasteiger partial charge in [0.05, 0.1) is 0 Å². The zero-order valence-corrected chi connectivity index (χ0v) is 12.2. The van der Waals surface area contributed by atoms with Crippen molar-refractivity contribution in [3.63, 3.8) is 0 Å². The number of hydrogen-bond donors (Lipinski definition) is 1. The molecule has 1 N–H and O–H groups in total. The number of H-pyrrole nitrogens is 1. The summed E-state index contributed by atoms with van der Waals surface area (Å²) in [6, 6.07) is 9.81. The molecule has 0 saturated heterocycles. The highest BCUT2D eigenvalue weighted by atomic mass is 127. The molecule has 1 heterocycles. The third-order valence-corrected chi connectivity index (χ3v) is 3.80. The second-order valence-electron chi connectivity index (χ2n) is 3.61. The summed E-state index contributed by atoms with van der Waals surface area (Å²) in [6.45, 7) is 1.82. The van der Waals surface area contributed by atoms with Crippen molar-refractivity contribution in [2.75, 3.05) is 0 Å². The Labute approximate surface area is 117 Å². The van der Waals surface area contributed by atoms with Gasteiger partial charge in [-0.05, 0) is 47.2 Å². The molecule has 5 heteroatoms. The molecule has 0 aliphatic carbocycles. The van der Waals surface area contributed by atoms with Crippen LogP contribution in [0.5, 0.6) is 0 Å². The van der Waals surface area contributed by atoms with E-state index in [2.05, 4.69) is 56.8 Å². The molecule has 0 aliphatic rings. The Morgan fingerprint density at radius 3 is 2.71 bits per heavy atom. The first-order chi connectivity index (χ1) is 8.13. The number of aryl methyl sites for hydroxylation is 1. The van der Waals surface area contributed by atoms with E-state index >= 15 is 0 Å². The minimum Gasteiger partial charge on any atom is -0.301 e. The topological polar surface area (TPSA) is 45.8 Å². The summed E-state index contributed by atoms with van der Waals surface area (Å²) in [6.07, 6.45) is 0. The lowest BCUT2D eigenvalue weighted by Gasteiger charge is -2.02. The fourth-order valence-electron chi connectivity index (χ4n) is 1.35. The highest BCUT2D eigenvalue weighted by Gasteiger charge is 2.00. The maximum atomic E-state index is 11.3. The number of aromatic nitrogens is 2. The predicted octanol–water partition coefficient (Wildman–Crippen LogP) is 2.98. The molecule has 1 aromatic carbocycles. The third kappa shape index (κ3) is 3.85.